The van der Waals surface area contributed by atoms with Gasteiger partial charge in [-0.3, -0.25) is 0 Å². The Hall–Kier alpha value is -3.31. The average Bonchev–Trinajstić information content (AvgIpc) is 2.80. The minimum absolute atomic E-state index is 0.386. The first kappa shape index (κ1) is 25.3. The second-order valence-electron chi connectivity index (χ2n) is 9.56. The van der Waals surface area contributed by atoms with Crippen molar-refractivity contribution >= 4 is 11.7 Å². The highest BCUT2D eigenvalue weighted by Crippen LogP contribution is 2.45. The van der Waals surface area contributed by atoms with E-state index in [2.05, 4.69) is 0 Å². The molecule has 0 spiro atoms. The Morgan fingerprint density at radius 2 is 1.56 bits per heavy atom. The summed E-state index contributed by atoms with van der Waals surface area (Å²) in [6.45, 7) is 12.0. The molecule has 0 aromatic heterocycles. The number of esters is 1. The maximum atomic E-state index is 13.0. The van der Waals surface area contributed by atoms with Gasteiger partial charge in [0.1, 0.15) is 12.4 Å². The molecule has 2 N–H and O–H groups in total. The number of rotatable bonds is 7. The van der Waals surface area contributed by atoms with E-state index in [1.165, 1.54) is 7.11 Å². The van der Waals surface area contributed by atoms with Crippen LogP contribution in [0.3, 0.4) is 0 Å². The number of anilines is 1. The lowest BCUT2D eigenvalue weighted by atomic mass is 9.86. The van der Waals surface area contributed by atoms with E-state index >= 15 is 0 Å². The number of nitrogens with two attached hydrogens (primary N) is 1. The average molecular weight is 462 g/mol. The lowest BCUT2D eigenvalue weighted by Gasteiger charge is -2.30. The smallest absolute Gasteiger partial charge is 0.339 e. The van der Waals surface area contributed by atoms with Crippen molar-refractivity contribution < 1.29 is 19.0 Å². The Kier molecular flexibility index (Phi) is 7.68. The summed E-state index contributed by atoms with van der Waals surface area (Å²) < 4.78 is 17.7. The minimum atomic E-state index is -0.939. The van der Waals surface area contributed by atoms with Crippen molar-refractivity contribution in [2.24, 2.45) is 0 Å². The fraction of sp³-hybridized carbons (Fsp3) is 0.345. The Morgan fingerprint density at radius 1 is 0.941 bits per heavy atom. The van der Waals surface area contributed by atoms with Gasteiger partial charge >= 0.3 is 5.97 Å². The molecule has 0 aliphatic heterocycles. The number of benzene rings is 3. The van der Waals surface area contributed by atoms with Gasteiger partial charge in [-0.2, -0.15) is 0 Å². The summed E-state index contributed by atoms with van der Waals surface area (Å²) in [7, 11) is 1.37. The molecule has 180 valence electrons. The Labute approximate surface area is 202 Å². The van der Waals surface area contributed by atoms with E-state index < -0.39 is 17.7 Å². The van der Waals surface area contributed by atoms with Crippen molar-refractivity contribution in [1.82, 2.24) is 0 Å². The fourth-order valence-corrected chi connectivity index (χ4v) is 4.04. The molecule has 5 nitrogen and oxygen atoms in total. The van der Waals surface area contributed by atoms with Crippen LogP contribution < -0.4 is 10.5 Å². The number of hydrogen-bond acceptors (Lipinski definition) is 5. The third kappa shape index (κ3) is 5.60. The molecule has 1 atom stereocenters. The van der Waals surface area contributed by atoms with Crippen LogP contribution in [0.5, 0.6) is 5.75 Å². The van der Waals surface area contributed by atoms with Crippen molar-refractivity contribution in [2.45, 2.75) is 59.9 Å². The predicted octanol–water partition coefficient (Wildman–Crippen LogP) is 6.47. The molecule has 0 saturated heterocycles. The largest absolute Gasteiger partial charge is 0.486 e. The zero-order valence-corrected chi connectivity index (χ0v) is 21.2. The monoisotopic (exact) mass is 461 g/mol. The molecule has 34 heavy (non-hydrogen) atoms. The highest BCUT2D eigenvalue weighted by Gasteiger charge is 2.34. The Morgan fingerprint density at radius 3 is 2.12 bits per heavy atom. The standard InChI is InChI=1S/C29H35NO4/c1-18-13-15-22(16-14-18)23-20(3)26(33-17-21-11-9-8-10-12-21)25(30)19(2)24(23)27(28(31)32-7)34-29(4,5)6/h8-16,27H,17,30H2,1-7H3/t27-/m0/s1. The number of methoxy groups -OCH3 is 1. The summed E-state index contributed by atoms with van der Waals surface area (Å²) >= 11 is 0. The second kappa shape index (κ2) is 10.3. The highest BCUT2D eigenvalue weighted by atomic mass is 16.6. The molecule has 0 heterocycles. The predicted molar refractivity (Wildman–Crippen MR) is 137 cm³/mol. The van der Waals surface area contributed by atoms with Gasteiger partial charge in [0.05, 0.1) is 18.4 Å². The van der Waals surface area contributed by atoms with Crippen molar-refractivity contribution in [3.05, 3.63) is 82.4 Å². The van der Waals surface area contributed by atoms with Gasteiger partial charge in [-0.25, -0.2) is 4.79 Å². The topological polar surface area (TPSA) is 70.8 Å². The van der Waals surface area contributed by atoms with Crippen LogP contribution in [0, 0.1) is 20.8 Å². The molecular formula is C29H35NO4. The fourth-order valence-electron chi connectivity index (χ4n) is 4.04. The van der Waals surface area contributed by atoms with Crippen LogP contribution in [0.25, 0.3) is 11.1 Å². The van der Waals surface area contributed by atoms with Crippen LogP contribution in [0.2, 0.25) is 0 Å². The van der Waals surface area contributed by atoms with Gasteiger partial charge in [0.25, 0.3) is 0 Å². The zero-order valence-electron chi connectivity index (χ0n) is 21.2. The van der Waals surface area contributed by atoms with Gasteiger partial charge in [-0.05, 0) is 63.8 Å². The van der Waals surface area contributed by atoms with Gasteiger partial charge in [0.2, 0.25) is 0 Å². The summed E-state index contributed by atoms with van der Waals surface area (Å²) in [6.07, 6.45) is -0.939. The molecule has 0 saturated carbocycles. The molecule has 3 aromatic rings. The molecule has 5 heteroatoms. The SMILES string of the molecule is COC(=O)[C@@H](OC(C)(C)C)c1c(C)c(N)c(OCc2ccccc2)c(C)c1-c1ccc(C)cc1. The third-order valence-corrected chi connectivity index (χ3v) is 5.75. The Balaban J connectivity index is 2.25. The first-order chi connectivity index (χ1) is 16.0. The van der Waals surface area contributed by atoms with Crippen LogP contribution in [-0.2, 0) is 20.9 Å². The lowest BCUT2D eigenvalue weighted by molar-refractivity contribution is -0.164. The number of aryl methyl sites for hydroxylation is 1. The van der Waals surface area contributed by atoms with Crippen molar-refractivity contribution in [1.29, 1.82) is 0 Å². The molecule has 0 amide bonds. The van der Waals surface area contributed by atoms with Crippen LogP contribution in [-0.4, -0.2) is 18.7 Å². The summed E-state index contributed by atoms with van der Waals surface area (Å²) in [5, 5.41) is 0. The summed E-state index contributed by atoms with van der Waals surface area (Å²) in [4.78, 5) is 13.0. The molecule has 0 unspecified atom stereocenters. The van der Waals surface area contributed by atoms with Crippen LogP contribution in [0.1, 0.15) is 54.7 Å². The van der Waals surface area contributed by atoms with Gasteiger partial charge < -0.3 is 19.9 Å². The molecule has 0 bridgehead atoms. The van der Waals surface area contributed by atoms with Crippen LogP contribution in [0.15, 0.2) is 54.6 Å². The summed E-state index contributed by atoms with van der Waals surface area (Å²) in [6, 6.07) is 18.1. The van der Waals surface area contributed by atoms with E-state index in [0.717, 1.165) is 33.4 Å². The van der Waals surface area contributed by atoms with Gasteiger partial charge in [-0.1, -0.05) is 60.2 Å². The molecule has 3 rings (SSSR count). The van der Waals surface area contributed by atoms with Gasteiger partial charge in [0.15, 0.2) is 6.10 Å². The number of carbonyl (C=O) groups is 1. The normalized spacial score (nSPS) is 12.3. The van der Waals surface area contributed by atoms with Crippen molar-refractivity contribution in [3.63, 3.8) is 0 Å². The van der Waals surface area contributed by atoms with Crippen molar-refractivity contribution in [3.8, 4) is 16.9 Å². The highest BCUT2D eigenvalue weighted by molar-refractivity contribution is 5.87. The number of carbonyl (C=O) groups excluding carboxylic acids is 1. The van der Waals surface area contributed by atoms with E-state index in [4.69, 9.17) is 19.9 Å². The first-order valence-electron chi connectivity index (χ1n) is 11.5. The molecule has 0 fully saturated rings. The summed E-state index contributed by atoms with van der Waals surface area (Å²) in [5.74, 6) is 0.142. The quantitative estimate of drug-likeness (QED) is 0.322. The minimum Gasteiger partial charge on any atom is -0.486 e. The zero-order chi connectivity index (χ0) is 25.0. The number of ether oxygens (including phenoxy) is 3. The molecule has 3 aromatic carbocycles. The number of nitrogen functional groups attached to an aromatic ring is 1. The third-order valence-electron chi connectivity index (χ3n) is 5.75. The van der Waals surface area contributed by atoms with Crippen molar-refractivity contribution in [2.75, 3.05) is 12.8 Å². The van der Waals surface area contributed by atoms with E-state index in [0.29, 0.717) is 23.6 Å². The van der Waals surface area contributed by atoms with E-state index in [-0.39, 0.29) is 0 Å². The summed E-state index contributed by atoms with van der Waals surface area (Å²) in [5.41, 5.74) is 12.8. The second-order valence-corrected chi connectivity index (χ2v) is 9.56. The van der Waals surface area contributed by atoms with E-state index in [1.807, 2.05) is 96.1 Å². The molecule has 0 aliphatic rings. The van der Waals surface area contributed by atoms with Gasteiger partial charge in [-0.15, -0.1) is 0 Å². The molecule has 0 aliphatic carbocycles. The molecule has 0 radical (unpaired) electrons. The van der Waals surface area contributed by atoms with E-state index in [1.54, 1.807) is 0 Å². The van der Waals surface area contributed by atoms with Crippen LogP contribution >= 0.6 is 0 Å². The maximum absolute atomic E-state index is 13.0. The first-order valence-corrected chi connectivity index (χ1v) is 11.5. The van der Waals surface area contributed by atoms with E-state index in [9.17, 15) is 4.79 Å². The van der Waals surface area contributed by atoms with Gasteiger partial charge in [0, 0.05) is 11.1 Å². The molecular weight excluding hydrogens is 426 g/mol. The lowest BCUT2D eigenvalue weighted by Crippen LogP contribution is -2.29. The number of hydrogen-bond donors (Lipinski definition) is 1. The van der Waals surface area contributed by atoms with Crippen LogP contribution in [0.4, 0.5) is 5.69 Å². The Bertz CT molecular complexity index is 1150. The maximum Gasteiger partial charge on any atom is 0.339 e.